The van der Waals surface area contributed by atoms with Gasteiger partial charge >= 0.3 is 5.97 Å². The summed E-state index contributed by atoms with van der Waals surface area (Å²) in [6.45, 7) is 2.09. The van der Waals surface area contributed by atoms with Crippen LogP contribution in [0.15, 0.2) is 0 Å². The van der Waals surface area contributed by atoms with Gasteiger partial charge in [-0.3, -0.25) is 4.79 Å². The number of aliphatic hydroxyl groups is 2. The number of thioether (sulfide) groups is 1. The van der Waals surface area contributed by atoms with Crippen molar-refractivity contribution in [3.8, 4) is 0 Å². The molecule has 1 aliphatic carbocycles. The highest BCUT2D eigenvalue weighted by Gasteiger charge is 2.34. The van der Waals surface area contributed by atoms with Crippen molar-refractivity contribution in [1.29, 1.82) is 0 Å². The second kappa shape index (κ2) is 11.3. The lowest BCUT2D eigenvalue weighted by atomic mass is 9.86. The van der Waals surface area contributed by atoms with E-state index < -0.39 is 5.97 Å². The lowest BCUT2D eigenvalue weighted by molar-refractivity contribution is -0.133. The van der Waals surface area contributed by atoms with Crippen molar-refractivity contribution in [3.63, 3.8) is 0 Å². The van der Waals surface area contributed by atoms with Gasteiger partial charge in [-0.2, -0.15) is 11.8 Å². The van der Waals surface area contributed by atoms with E-state index in [9.17, 15) is 15.0 Å². The Bertz CT molecular complexity index is 311. The Balaban J connectivity index is 2.19. The van der Waals surface area contributed by atoms with Gasteiger partial charge in [-0.1, -0.05) is 19.8 Å². The Labute approximate surface area is 138 Å². The molecule has 130 valence electrons. The maximum atomic E-state index is 10.4. The second-order valence-corrected chi connectivity index (χ2v) is 7.64. The van der Waals surface area contributed by atoms with E-state index in [-0.39, 0.29) is 18.0 Å². The molecule has 0 radical (unpaired) electrons. The van der Waals surface area contributed by atoms with Crippen molar-refractivity contribution < 1.29 is 20.1 Å². The summed E-state index contributed by atoms with van der Waals surface area (Å²) in [5.74, 6) is 1.24. The molecule has 1 unspecified atom stereocenters. The van der Waals surface area contributed by atoms with E-state index >= 15 is 0 Å². The molecule has 0 amide bonds. The minimum atomic E-state index is -0.748. The van der Waals surface area contributed by atoms with Gasteiger partial charge in [0.1, 0.15) is 0 Å². The summed E-state index contributed by atoms with van der Waals surface area (Å²) in [4.78, 5) is 10.4. The molecular formula is C17H32O4S. The van der Waals surface area contributed by atoms with Crippen LogP contribution in [-0.4, -0.2) is 45.0 Å². The van der Waals surface area contributed by atoms with E-state index in [1.807, 2.05) is 0 Å². The van der Waals surface area contributed by atoms with Gasteiger partial charge < -0.3 is 15.3 Å². The Morgan fingerprint density at radius 2 is 2.00 bits per heavy atom. The van der Waals surface area contributed by atoms with Gasteiger partial charge in [-0.25, -0.2) is 0 Å². The smallest absolute Gasteiger partial charge is 0.313 e. The number of rotatable bonds is 12. The summed E-state index contributed by atoms with van der Waals surface area (Å²) in [6.07, 6.45) is 8.50. The highest BCUT2D eigenvalue weighted by Crippen LogP contribution is 2.38. The molecule has 22 heavy (non-hydrogen) atoms. The number of hydrogen-bond acceptors (Lipinski definition) is 4. The Hall–Kier alpha value is -0.260. The molecule has 0 aliphatic heterocycles. The van der Waals surface area contributed by atoms with Gasteiger partial charge in [0.2, 0.25) is 0 Å². The van der Waals surface area contributed by atoms with Crippen LogP contribution in [0.2, 0.25) is 0 Å². The summed E-state index contributed by atoms with van der Waals surface area (Å²) in [7, 11) is 0. The fourth-order valence-electron chi connectivity index (χ4n) is 3.54. The van der Waals surface area contributed by atoms with Crippen molar-refractivity contribution in [3.05, 3.63) is 0 Å². The number of carbonyl (C=O) groups is 1. The topological polar surface area (TPSA) is 77.8 Å². The van der Waals surface area contributed by atoms with Crippen LogP contribution < -0.4 is 0 Å². The highest BCUT2D eigenvalue weighted by molar-refractivity contribution is 7.99. The van der Waals surface area contributed by atoms with Gasteiger partial charge in [0.05, 0.1) is 18.0 Å². The largest absolute Gasteiger partial charge is 0.481 e. The summed E-state index contributed by atoms with van der Waals surface area (Å²) in [6, 6.07) is 0. The zero-order valence-corrected chi connectivity index (χ0v) is 14.6. The van der Waals surface area contributed by atoms with Crippen LogP contribution in [0.5, 0.6) is 0 Å². The van der Waals surface area contributed by atoms with E-state index in [0.717, 1.165) is 63.5 Å². The summed E-state index contributed by atoms with van der Waals surface area (Å²) >= 11 is 1.47. The predicted molar refractivity (Wildman–Crippen MR) is 91.2 cm³/mol. The molecule has 0 saturated heterocycles. The zero-order valence-electron chi connectivity index (χ0n) is 13.7. The molecule has 0 aromatic rings. The first-order chi connectivity index (χ1) is 10.5. The standard InChI is InChI=1S/C17H32O4S/c1-2-5-14(18)9-7-13-8-10-16(19)15(13)6-3-4-11-22-12-17(20)21/h13-16,18-19H,2-12H2,1H3,(H,20,21)/t13-,14?,15+,16-/m0/s1. The molecule has 3 N–H and O–H groups in total. The van der Waals surface area contributed by atoms with Crippen LogP contribution >= 0.6 is 11.8 Å². The minimum absolute atomic E-state index is 0.181. The number of aliphatic carboxylic acids is 1. The first-order valence-electron chi connectivity index (χ1n) is 8.70. The lowest BCUT2D eigenvalue weighted by Gasteiger charge is -2.23. The Kier molecular flexibility index (Phi) is 10.2. The van der Waals surface area contributed by atoms with Gasteiger partial charge in [0.25, 0.3) is 0 Å². The van der Waals surface area contributed by atoms with Crippen LogP contribution in [-0.2, 0) is 4.79 Å². The van der Waals surface area contributed by atoms with Crippen molar-refractivity contribution in [1.82, 2.24) is 0 Å². The summed E-state index contributed by atoms with van der Waals surface area (Å²) in [5.41, 5.74) is 0. The fourth-order valence-corrected chi connectivity index (χ4v) is 4.27. The van der Waals surface area contributed by atoms with E-state index in [1.54, 1.807) is 0 Å². The Morgan fingerprint density at radius 1 is 1.23 bits per heavy atom. The first-order valence-corrected chi connectivity index (χ1v) is 9.85. The van der Waals surface area contributed by atoms with Gasteiger partial charge in [-0.05, 0) is 62.5 Å². The molecule has 5 heteroatoms. The molecular weight excluding hydrogens is 300 g/mol. The molecule has 1 saturated carbocycles. The van der Waals surface area contributed by atoms with Crippen LogP contribution in [0, 0.1) is 11.8 Å². The van der Waals surface area contributed by atoms with Crippen molar-refractivity contribution >= 4 is 17.7 Å². The van der Waals surface area contributed by atoms with E-state index in [4.69, 9.17) is 5.11 Å². The van der Waals surface area contributed by atoms with E-state index in [0.29, 0.717) is 11.8 Å². The van der Waals surface area contributed by atoms with Crippen LogP contribution in [0.4, 0.5) is 0 Å². The first kappa shape index (κ1) is 19.8. The molecule has 4 nitrogen and oxygen atoms in total. The average molecular weight is 333 g/mol. The minimum Gasteiger partial charge on any atom is -0.481 e. The molecule has 0 heterocycles. The third-order valence-electron chi connectivity index (χ3n) is 4.73. The van der Waals surface area contributed by atoms with Gasteiger partial charge in [0, 0.05) is 0 Å². The van der Waals surface area contributed by atoms with Crippen molar-refractivity contribution in [2.24, 2.45) is 11.8 Å². The third-order valence-corrected chi connectivity index (χ3v) is 5.76. The zero-order chi connectivity index (χ0) is 16.4. The SMILES string of the molecule is CCCC(O)CC[C@H]1CC[C@H](O)[C@@H]1CCCCSCC(=O)O. The quantitative estimate of drug-likeness (QED) is 0.478. The van der Waals surface area contributed by atoms with Crippen molar-refractivity contribution in [2.45, 2.75) is 76.9 Å². The van der Waals surface area contributed by atoms with Gasteiger partial charge in [0.15, 0.2) is 0 Å². The molecule has 0 bridgehead atoms. The number of carboxylic acids is 1. The molecule has 1 aliphatic rings. The number of unbranched alkanes of at least 4 members (excludes halogenated alkanes) is 1. The fraction of sp³-hybridized carbons (Fsp3) is 0.941. The predicted octanol–water partition coefficient (Wildman–Crippen LogP) is 3.30. The summed E-state index contributed by atoms with van der Waals surface area (Å²) < 4.78 is 0. The van der Waals surface area contributed by atoms with Crippen LogP contribution in [0.1, 0.15) is 64.7 Å². The number of carboxylic acid groups (broad SMARTS) is 1. The lowest BCUT2D eigenvalue weighted by Crippen LogP contribution is -2.20. The molecule has 0 aromatic heterocycles. The monoisotopic (exact) mass is 332 g/mol. The molecule has 1 fully saturated rings. The number of hydrogen-bond donors (Lipinski definition) is 3. The number of aliphatic hydroxyl groups excluding tert-OH is 2. The van der Waals surface area contributed by atoms with Crippen molar-refractivity contribution in [2.75, 3.05) is 11.5 Å². The molecule has 0 aromatic carbocycles. The van der Waals surface area contributed by atoms with E-state index in [2.05, 4.69) is 6.92 Å². The summed E-state index contributed by atoms with van der Waals surface area (Å²) in [5, 5.41) is 28.6. The normalized spacial score (nSPS) is 26.2. The highest BCUT2D eigenvalue weighted by atomic mass is 32.2. The Morgan fingerprint density at radius 3 is 2.68 bits per heavy atom. The van der Waals surface area contributed by atoms with Gasteiger partial charge in [-0.15, -0.1) is 0 Å². The average Bonchev–Trinajstić information content (AvgIpc) is 2.81. The van der Waals surface area contributed by atoms with Crippen LogP contribution in [0.3, 0.4) is 0 Å². The van der Waals surface area contributed by atoms with E-state index in [1.165, 1.54) is 11.8 Å². The maximum Gasteiger partial charge on any atom is 0.313 e. The second-order valence-electron chi connectivity index (χ2n) is 6.53. The molecule has 1 rings (SSSR count). The third kappa shape index (κ3) is 7.84. The molecule has 0 spiro atoms. The maximum absolute atomic E-state index is 10.4. The van der Waals surface area contributed by atoms with Crippen LogP contribution in [0.25, 0.3) is 0 Å². The molecule has 4 atom stereocenters.